The summed E-state index contributed by atoms with van der Waals surface area (Å²) in [6, 6.07) is 18.6. The summed E-state index contributed by atoms with van der Waals surface area (Å²) in [5.74, 6) is 0.523. The van der Waals surface area contributed by atoms with Crippen LogP contribution in [0.4, 0.5) is 0 Å². The van der Waals surface area contributed by atoms with Gasteiger partial charge in [0.2, 0.25) is 0 Å². The molecular weight excluding hydrogens is 308 g/mol. The first kappa shape index (κ1) is 14.6. The molecule has 1 saturated carbocycles. The maximum absolute atomic E-state index is 13.1. The molecule has 0 spiro atoms. The zero-order chi connectivity index (χ0) is 15.8. The number of imidazole rings is 1. The van der Waals surface area contributed by atoms with Crippen LogP contribution in [0.3, 0.4) is 0 Å². The lowest BCUT2D eigenvalue weighted by Crippen LogP contribution is -2.28. The molecule has 0 radical (unpaired) electrons. The molecule has 3 aromatic rings. The van der Waals surface area contributed by atoms with Crippen LogP contribution < -0.4 is 5.69 Å². The zero-order valence-corrected chi connectivity index (χ0v) is 13.6. The highest BCUT2D eigenvalue weighted by Crippen LogP contribution is 2.37. The quantitative estimate of drug-likeness (QED) is 0.640. The van der Waals surface area contributed by atoms with Crippen LogP contribution in [0, 0.1) is 0 Å². The van der Waals surface area contributed by atoms with Crippen LogP contribution in [0.15, 0.2) is 59.4 Å². The van der Waals surface area contributed by atoms with E-state index in [1.165, 1.54) is 0 Å². The van der Waals surface area contributed by atoms with Gasteiger partial charge in [-0.05, 0) is 37.0 Å². The average molecular weight is 327 g/mol. The predicted molar refractivity (Wildman–Crippen MR) is 94.4 cm³/mol. The van der Waals surface area contributed by atoms with E-state index in [0.717, 1.165) is 35.9 Å². The number of rotatable bonds is 5. The topological polar surface area (TPSA) is 26.9 Å². The molecular formula is C19H19ClN2O. The second-order valence-electron chi connectivity index (χ2n) is 6.15. The van der Waals surface area contributed by atoms with Crippen LogP contribution in [-0.4, -0.2) is 15.0 Å². The number of para-hydroxylation sites is 2. The van der Waals surface area contributed by atoms with Crippen molar-refractivity contribution in [1.82, 2.24) is 9.13 Å². The van der Waals surface area contributed by atoms with E-state index in [1.807, 2.05) is 51.6 Å². The van der Waals surface area contributed by atoms with Gasteiger partial charge in [-0.2, -0.15) is 0 Å². The van der Waals surface area contributed by atoms with Crippen molar-refractivity contribution in [2.24, 2.45) is 0 Å². The predicted octanol–water partition coefficient (Wildman–Crippen LogP) is 4.36. The monoisotopic (exact) mass is 326 g/mol. The van der Waals surface area contributed by atoms with E-state index in [-0.39, 0.29) is 11.7 Å². The fraction of sp³-hybridized carbons (Fsp3) is 0.316. The summed E-state index contributed by atoms with van der Waals surface area (Å²) in [6.45, 7) is 0. The van der Waals surface area contributed by atoms with E-state index in [1.54, 1.807) is 0 Å². The molecule has 1 fully saturated rings. The first-order valence-corrected chi connectivity index (χ1v) is 8.67. The van der Waals surface area contributed by atoms with Gasteiger partial charge in [0.1, 0.15) is 0 Å². The second kappa shape index (κ2) is 5.89. The SMILES string of the molecule is O=c1n(C2CC2)c2ccccc2n1[C@@H](CCCl)c1ccccc1. The van der Waals surface area contributed by atoms with Crippen molar-refractivity contribution in [1.29, 1.82) is 0 Å². The minimum atomic E-state index is -0.0221. The number of halogens is 1. The molecule has 0 aliphatic heterocycles. The molecule has 118 valence electrons. The molecule has 1 atom stereocenters. The fourth-order valence-corrected chi connectivity index (χ4v) is 3.61. The van der Waals surface area contributed by atoms with Gasteiger partial charge in [-0.3, -0.25) is 9.13 Å². The fourth-order valence-electron chi connectivity index (χ4n) is 3.40. The highest BCUT2D eigenvalue weighted by atomic mass is 35.5. The van der Waals surface area contributed by atoms with Crippen LogP contribution in [0.25, 0.3) is 11.0 Å². The zero-order valence-electron chi connectivity index (χ0n) is 12.9. The van der Waals surface area contributed by atoms with E-state index < -0.39 is 0 Å². The third-order valence-corrected chi connectivity index (χ3v) is 4.82. The molecule has 0 amide bonds. The van der Waals surface area contributed by atoms with Gasteiger partial charge in [-0.1, -0.05) is 42.5 Å². The largest absolute Gasteiger partial charge is 0.329 e. The lowest BCUT2D eigenvalue weighted by Gasteiger charge is -2.18. The Bertz CT molecular complexity index is 877. The van der Waals surface area contributed by atoms with E-state index in [4.69, 9.17) is 11.6 Å². The van der Waals surface area contributed by atoms with Crippen molar-refractivity contribution in [3.63, 3.8) is 0 Å². The summed E-state index contributed by atoms with van der Waals surface area (Å²) >= 11 is 6.06. The molecule has 4 rings (SSSR count). The Kier molecular flexibility index (Phi) is 3.74. The summed E-state index contributed by atoms with van der Waals surface area (Å²) in [5, 5.41) is 0. The van der Waals surface area contributed by atoms with Gasteiger partial charge >= 0.3 is 5.69 Å². The molecule has 4 heteroatoms. The number of hydrogen-bond donors (Lipinski definition) is 0. The molecule has 0 unspecified atom stereocenters. The maximum Gasteiger partial charge on any atom is 0.329 e. The molecule has 1 aromatic heterocycles. The van der Waals surface area contributed by atoms with Crippen molar-refractivity contribution in [3.05, 3.63) is 70.6 Å². The number of fused-ring (bicyclic) bond motifs is 1. The van der Waals surface area contributed by atoms with Gasteiger partial charge < -0.3 is 0 Å². The van der Waals surface area contributed by atoms with Crippen LogP contribution >= 0.6 is 11.6 Å². The van der Waals surface area contributed by atoms with Crippen molar-refractivity contribution in [3.8, 4) is 0 Å². The molecule has 1 heterocycles. The second-order valence-corrected chi connectivity index (χ2v) is 6.52. The molecule has 0 N–H and O–H groups in total. The van der Waals surface area contributed by atoms with Crippen molar-refractivity contribution < 1.29 is 0 Å². The highest BCUT2D eigenvalue weighted by molar-refractivity contribution is 6.17. The molecule has 3 nitrogen and oxygen atoms in total. The van der Waals surface area contributed by atoms with Gasteiger partial charge in [-0.25, -0.2) is 4.79 Å². The summed E-state index contributed by atoms with van der Waals surface area (Å²) in [7, 11) is 0. The molecule has 1 aliphatic rings. The van der Waals surface area contributed by atoms with Crippen molar-refractivity contribution in [2.45, 2.75) is 31.3 Å². The number of aromatic nitrogens is 2. The number of alkyl halides is 1. The summed E-state index contributed by atoms with van der Waals surface area (Å²) < 4.78 is 3.91. The first-order valence-electron chi connectivity index (χ1n) is 8.13. The Morgan fingerprint density at radius 1 is 1.00 bits per heavy atom. The average Bonchev–Trinajstić information content (AvgIpc) is 3.37. The standard InChI is InChI=1S/C19H19ClN2O/c20-13-12-16(14-6-2-1-3-7-14)22-18-9-5-4-8-17(18)21(19(22)23)15-10-11-15/h1-9,15-16H,10-13H2/t16-/m0/s1. The lowest BCUT2D eigenvalue weighted by atomic mass is 10.0. The van der Waals surface area contributed by atoms with Gasteiger partial charge in [-0.15, -0.1) is 11.6 Å². The van der Waals surface area contributed by atoms with E-state index in [0.29, 0.717) is 11.9 Å². The minimum absolute atomic E-state index is 0.0221. The minimum Gasteiger partial charge on any atom is -0.289 e. The normalized spacial score (nSPS) is 15.9. The summed E-state index contributed by atoms with van der Waals surface area (Å²) in [6.07, 6.45) is 2.93. The van der Waals surface area contributed by atoms with Gasteiger partial charge in [0.15, 0.2) is 0 Å². The van der Waals surface area contributed by atoms with Gasteiger partial charge in [0.25, 0.3) is 0 Å². The van der Waals surface area contributed by atoms with Gasteiger partial charge in [0, 0.05) is 11.9 Å². The smallest absolute Gasteiger partial charge is 0.289 e. The Labute approximate surface area is 140 Å². The molecule has 0 saturated heterocycles. The Morgan fingerprint density at radius 3 is 2.30 bits per heavy atom. The Balaban J connectivity index is 1.96. The third kappa shape index (κ3) is 2.49. The van der Waals surface area contributed by atoms with Crippen LogP contribution in [-0.2, 0) is 0 Å². The lowest BCUT2D eigenvalue weighted by molar-refractivity contribution is 0.546. The molecule has 0 bridgehead atoms. The summed E-state index contributed by atoms with van der Waals surface area (Å²) in [5.41, 5.74) is 3.26. The molecule has 2 aromatic carbocycles. The Morgan fingerprint density at radius 2 is 1.65 bits per heavy atom. The highest BCUT2D eigenvalue weighted by Gasteiger charge is 2.30. The molecule has 1 aliphatic carbocycles. The van der Waals surface area contributed by atoms with Gasteiger partial charge in [0.05, 0.1) is 17.1 Å². The van der Waals surface area contributed by atoms with Crippen LogP contribution in [0.1, 0.15) is 36.9 Å². The number of benzene rings is 2. The Hall–Kier alpha value is -2.00. The summed E-state index contributed by atoms with van der Waals surface area (Å²) in [4.78, 5) is 13.1. The van der Waals surface area contributed by atoms with Crippen molar-refractivity contribution >= 4 is 22.6 Å². The first-order chi connectivity index (χ1) is 11.3. The van der Waals surface area contributed by atoms with Crippen molar-refractivity contribution in [2.75, 3.05) is 5.88 Å². The van der Waals surface area contributed by atoms with Crippen LogP contribution in [0.2, 0.25) is 0 Å². The van der Waals surface area contributed by atoms with E-state index in [2.05, 4.69) is 12.1 Å². The van der Waals surface area contributed by atoms with E-state index >= 15 is 0 Å². The number of nitrogens with zero attached hydrogens (tertiary/aromatic N) is 2. The van der Waals surface area contributed by atoms with E-state index in [9.17, 15) is 4.79 Å². The number of hydrogen-bond acceptors (Lipinski definition) is 1. The molecule has 23 heavy (non-hydrogen) atoms. The van der Waals surface area contributed by atoms with Crippen LogP contribution in [0.5, 0.6) is 0 Å². The third-order valence-electron chi connectivity index (χ3n) is 4.60. The maximum atomic E-state index is 13.1.